The van der Waals surface area contributed by atoms with E-state index in [1.807, 2.05) is 0 Å². The lowest BCUT2D eigenvalue weighted by Gasteiger charge is -2.34. The molecule has 1 aliphatic rings. The van der Waals surface area contributed by atoms with Gasteiger partial charge in [-0.15, -0.1) is 0 Å². The molecule has 0 saturated carbocycles. The van der Waals surface area contributed by atoms with Gasteiger partial charge in [0.15, 0.2) is 5.75 Å². The molecule has 104 valence electrons. The number of para-hydroxylation sites is 2. The zero-order chi connectivity index (χ0) is 14.0. The SMILES string of the molecule is O=[N+]([O-])c1ccccc1O[C@H]1OC[C@@H](O)[C@H](O)[C@H]1O. The Morgan fingerprint density at radius 2 is 1.95 bits per heavy atom. The maximum Gasteiger partial charge on any atom is 0.311 e. The second kappa shape index (κ2) is 5.49. The highest BCUT2D eigenvalue weighted by atomic mass is 16.7. The number of nitrogens with zero attached hydrogens (tertiary/aromatic N) is 1. The van der Waals surface area contributed by atoms with Gasteiger partial charge in [0.1, 0.15) is 18.3 Å². The summed E-state index contributed by atoms with van der Waals surface area (Å²) in [5, 5.41) is 39.2. The Morgan fingerprint density at radius 1 is 1.26 bits per heavy atom. The molecule has 2 rings (SSSR count). The molecule has 0 spiro atoms. The summed E-state index contributed by atoms with van der Waals surface area (Å²) < 4.78 is 10.2. The molecule has 1 aliphatic heterocycles. The van der Waals surface area contributed by atoms with Crippen LogP contribution in [0.25, 0.3) is 0 Å². The molecule has 8 nitrogen and oxygen atoms in total. The van der Waals surface area contributed by atoms with Crippen molar-refractivity contribution in [2.75, 3.05) is 6.61 Å². The summed E-state index contributed by atoms with van der Waals surface area (Å²) in [4.78, 5) is 10.2. The Balaban J connectivity index is 2.15. The van der Waals surface area contributed by atoms with Crippen molar-refractivity contribution in [3.05, 3.63) is 34.4 Å². The minimum atomic E-state index is -1.50. The van der Waals surface area contributed by atoms with E-state index in [2.05, 4.69) is 0 Å². The van der Waals surface area contributed by atoms with Gasteiger partial charge in [0.25, 0.3) is 0 Å². The fourth-order valence-corrected chi connectivity index (χ4v) is 1.72. The van der Waals surface area contributed by atoms with Crippen LogP contribution >= 0.6 is 0 Å². The summed E-state index contributed by atoms with van der Waals surface area (Å²) in [6.45, 7) is -0.233. The number of aliphatic hydroxyl groups is 3. The van der Waals surface area contributed by atoms with Gasteiger partial charge in [-0.05, 0) is 6.07 Å². The van der Waals surface area contributed by atoms with Crippen molar-refractivity contribution >= 4 is 5.69 Å². The molecule has 1 aromatic carbocycles. The van der Waals surface area contributed by atoms with Crippen LogP contribution in [0.5, 0.6) is 5.75 Å². The molecule has 19 heavy (non-hydrogen) atoms. The number of ether oxygens (including phenoxy) is 2. The number of nitro benzene ring substituents is 1. The van der Waals surface area contributed by atoms with Crippen LogP contribution in [0.3, 0.4) is 0 Å². The predicted molar refractivity (Wildman–Crippen MR) is 61.5 cm³/mol. The first-order valence-corrected chi connectivity index (χ1v) is 5.56. The van der Waals surface area contributed by atoms with Crippen LogP contribution in [-0.4, -0.2) is 51.5 Å². The monoisotopic (exact) mass is 271 g/mol. The van der Waals surface area contributed by atoms with Crippen LogP contribution < -0.4 is 4.74 Å². The quantitative estimate of drug-likeness (QED) is 0.496. The Bertz CT molecular complexity index is 466. The number of hydrogen-bond acceptors (Lipinski definition) is 7. The van der Waals surface area contributed by atoms with Crippen molar-refractivity contribution in [3.8, 4) is 5.75 Å². The number of aliphatic hydroxyl groups excluding tert-OH is 3. The van der Waals surface area contributed by atoms with Crippen molar-refractivity contribution < 1.29 is 29.7 Å². The highest BCUT2D eigenvalue weighted by molar-refractivity contribution is 5.45. The molecule has 1 aromatic rings. The number of hydrogen-bond donors (Lipinski definition) is 3. The maximum absolute atomic E-state index is 10.8. The lowest BCUT2D eigenvalue weighted by molar-refractivity contribution is -0.386. The summed E-state index contributed by atoms with van der Waals surface area (Å²) in [6, 6.07) is 5.60. The van der Waals surface area contributed by atoms with Gasteiger partial charge in [0.2, 0.25) is 6.29 Å². The Morgan fingerprint density at radius 3 is 2.63 bits per heavy atom. The lowest BCUT2D eigenvalue weighted by Crippen LogP contribution is -2.54. The first-order valence-electron chi connectivity index (χ1n) is 5.56. The molecule has 4 atom stereocenters. The van der Waals surface area contributed by atoms with Crippen LogP contribution in [0, 0.1) is 10.1 Å². The van der Waals surface area contributed by atoms with Crippen molar-refractivity contribution in [2.45, 2.75) is 24.6 Å². The van der Waals surface area contributed by atoms with E-state index in [0.29, 0.717) is 0 Å². The van der Waals surface area contributed by atoms with Gasteiger partial charge in [-0.1, -0.05) is 12.1 Å². The first-order chi connectivity index (χ1) is 9.00. The maximum atomic E-state index is 10.8. The Kier molecular flexibility index (Phi) is 3.96. The van der Waals surface area contributed by atoms with Gasteiger partial charge in [-0.2, -0.15) is 0 Å². The van der Waals surface area contributed by atoms with Gasteiger partial charge in [-0.3, -0.25) is 10.1 Å². The van der Waals surface area contributed by atoms with Crippen molar-refractivity contribution in [3.63, 3.8) is 0 Å². The van der Waals surface area contributed by atoms with E-state index in [1.54, 1.807) is 0 Å². The first kappa shape index (κ1) is 13.7. The van der Waals surface area contributed by atoms with Crippen LogP contribution in [0.1, 0.15) is 0 Å². The van der Waals surface area contributed by atoms with Crippen LogP contribution in [0.2, 0.25) is 0 Å². The normalized spacial score (nSPS) is 30.9. The molecule has 0 aromatic heterocycles. The van der Waals surface area contributed by atoms with Crippen LogP contribution in [0.15, 0.2) is 24.3 Å². The average molecular weight is 271 g/mol. The fraction of sp³-hybridized carbons (Fsp3) is 0.455. The lowest BCUT2D eigenvalue weighted by atomic mass is 10.1. The summed E-state index contributed by atoms with van der Waals surface area (Å²) in [7, 11) is 0. The third-order valence-corrected chi connectivity index (χ3v) is 2.76. The second-order valence-corrected chi connectivity index (χ2v) is 4.09. The third kappa shape index (κ3) is 2.82. The van der Waals surface area contributed by atoms with Crippen molar-refractivity contribution in [1.82, 2.24) is 0 Å². The zero-order valence-electron chi connectivity index (χ0n) is 9.75. The molecule has 3 N–H and O–H groups in total. The summed E-state index contributed by atoms with van der Waals surface area (Å²) in [6.07, 6.45) is -5.43. The minimum absolute atomic E-state index is 0.0832. The third-order valence-electron chi connectivity index (χ3n) is 2.76. The number of benzene rings is 1. The zero-order valence-corrected chi connectivity index (χ0v) is 9.75. The molecule has 8 heteroatoms. The minimum Gasteiger partial charge on any atom is -0.455 e. The molecule has 0 radical (unpaired) electrons. The molecule has 0 aliphatic carbocycles. The number of nitro groups is 1. The molecule has 0 amide bonds. The van der Waals surface area contributed by atoms with Gasteiger partial charge in [-0.25, -0.2) is 0 Å². The molecular formula is C11H13NO7. The molecule has 0 unspecified atom stereocenters. The highest BCUT2D eigenvalue weighted by Gasteiger charge is 2.39. The van der Waals surface area contributed by atoms with E-state index < -0.39 is 29.5 Å². The molecule has 1 saturated heterocycles. The topological polar surface area (TPSA) is 122 Å². The summed E-state index contributed by atoms with van der Waals surface area (Å²) in [5.41, 5.74) is -0.279. The number of rotatable bonds is 3. The van der Waals surface area contributed by atoms with Crippen LogP contribution in [0.4, 0.5) is 5.69 Å². The van der Waals surface area contributed by atoms with E-state index in [1.165, 1.54) is 24.3 Å². The standard InChI is InChI=1S/C11H13NO7/c13-7-5-18-11(10(15)9(7)14)19-8-4-2-1-3-6(8)12(16)17/h1-4,7,9-11,13-15H,5H2/t7-,9+,10-,11-/m1/s1. The van der Waals surface area contributed by atoms with Gasteiger partial charge < -0.3 is 24.8 Å². The summed E-state index contributed by atoms with van der Waals surface area (Å²) in [5.74, 6) is -0.0832. The fourth-order valence-electron chi connectivity index (χ4n) is 1.72. The second-order valence-electron chi connectivity index (χ2n) is 4.09. The molecule has 0 bridgehead atoms. The largest absolute Gasteiger partial charge is 0.455 e. The van der Waals surface area contributed by atoms with E-state index in [0.717, 1.165) is 0 Å². The van der Waals surface area contributed by atoms with E-state index in [9.17, 15) is 25.4 Å². The van der Waals surface area contributed by atoms with Crippen molar-refractivity contribution in [1.29, 1.82) is 0 Å². The van der Waals surface area contributed by atoms with Crippen molar-refractivity contribution in [2.24, 2.45) is 0 Å². The Hall–Kier alpha value is -1.74. The molecule has 1 heterocycles. The van der Waals surface area contributed by atoms with E-state index in [-0.39, 0.29) is 18.0 Å². The highest BCUT2D eigenvalue weighted by Crippen LogP contribution is 2.29. The predicted octanol–water partition coefficient (Wildman–Crippen LogP) is -0.587. The van der Waals surface area contributed by atoms with E-state index in [4.69, 9.17) is 9.47 Å². The van der Waals surface area contributed by atoms with Gasteiger partial charge in [0.05, 0.1) is 11.5 Å². The molecular weight excluding hydrogens is 258 g/mol. The Labute approximate surface area is 108 Å². The van der Waals surface area contributed by atoms with E-state index >= 15 is 0 Å². The summed E-state index contributed by atoms with van der Waals surface area (Å²) >= 11 is 0. The van der Waals surface area contributed by atoms with Crippen LogP contribution in [-0.2, 0) is 4.74 Å². The smallest absolute Gasteiger partial charge is 0.311 e. The van der Waals surface area contributed by atoms with Gasteiger partial charge in [0, 0.05) is 6.07 Å². The molecule has 1 fully saturated rings. The average Bonchev–Trinajstić information content (AvgIpc) is 2.40. The van der Waals surface area contributed by atoms with Gasteiger partial charge >= 0.3 is 5.69 Å².